The van der Waals surface area contributed by atoms with E-state index < -0.39 is 16.2 Å². The molecule has 0 aromatic carbocycles. The molecular formula is C9H19N3O4S. The summed E-state index contributed by atoms with van der Waals surface area (Å²) >= 11 is 0. The molecule has 1 fully saturated rings. The molecule has 1 rings (SSSR count). The van der Waals surface area contributed by atoms with Gasteiger partial charge in [0.1, 0.15) is 0 Å². The third kappa shape index (κ3) is 4.58. The third-order valence-corrected chi connectivity index (χ3v) is 4.32. The quantitative estimate of drug-likeness (QED) is 0.562. The van der Waals surface area contributed by atoms with Crippen LogP contribution in [0.4, 0.5) is 0 Å². The molecule has 1 atom stereocenters. The van der Waals surface area contributed by atoms with Gasteiger partial charge in [-0.3, -0.25) is 4.79 Å². The van der Waals surface area contributed by atoms with E-state index in [2.05, 4.69) is 10.0 Å². The number of carboxylic acids is 1. The van der Waals surface area contributed by atoms with Gasteiger partial charge in [0.05, 0.1) is 6.54 Å². The first kappa shape index (κ1) is 14.4. The maximum atomic E-state index is 11.6. The molecule has 0 aliphatic carbocycles. The summed E-state index contributed by atoms with van der Waals surface area (Å²) in [5, 5.41) is 11.3. The number of carbonyl (C=O) groups is 1. The lowest BCUT2D eigenvalue weighted by atomic mass is 10.00. The van der Waals surface area contributed by atoms with E-state index in [4.69, 9.17) is 5.11 Å². The largest absolute Gasteiger partial charge is 0.480 e. The van der Waals surface area contributed by atoms with E-state index in [0.717, 1.165) is 12.8 Å². The Morgan fingerprint density at radius 2 is 2.24 bits per heavy atom. The van der Waals surface area contributed by atoms with Crippen molar-refractivity contribution in [1.82, 2.24) is 14.3 Å². The van der Waals surface area contributed by atoms with Crippen LogP contribution in [0.2, 0.25) is 0 Å². The molecule has 1 aliphatic heterocycles. The third-order valence-electron chi connectivity index (χ3n) is 2.79. The molecule has 0 bridgehead atoms. The lowest BCUT2D eigenvalue weighted by Gasteiger charge is -2.31. The van der Waals surface area contributed by atoms with Gasteiger partial charge in [-0.05, 0) is 25.3 Å². The Bertz CT molecular complexity index is 357. The maximum Gasteiger partial charge on any atom is 0.317 e. The van der Waals surface area contributed by atoms with E-state index >= 15 is 0 Å². The van der Waals surface area contributed by atoms with Gasteiger partial charge in [-0.1, -0.05) is 0 Å². The molecule has 1 heterocycles. The van der Waals surface area contributed by atoms with Gasteiger partial charge in [-0.25, -0.2) is 4.72 Å². The Hall–Kier alpha value is -0.700. The van der Waals surface area contributed by atoms with Crippen molar-refractivity contribution in [3.63, 3.8) is 0 Å². The fraction of sp³-hybridized carbons (Fsp3) is 0.889. The van der Waals surface area contributed by atoms with Crippen LogP contribution in [0.3, 0.4) is 0 Å². The Kier molecular flexibility index (Phi) is 5.31. The van der Waals surface area contributed by atoms with Gasteiger partial charge in [0.25, 0.3) is 10.2 Å². The molecule has 0 saturated carbocycles. The van der Waals surface area contributed by atoms with Crippen molar-refractivity contribution in [3.8, 4) is 0 Å². The molecule has 0 spiro atoms. The van der Waals surface area contributed by atoms with E-state index in [1.807, 2.05) is 0 Å². The molecule has 17 heavy (non-hydrogen) atoms. The second-order valence-electron chi connectivity index (χ2n) is 4.10. The topological polar surface area (TPSA) is 98.7 Å². The highest BCUT2D eigenvalue weighted by molar-refractivity contribution is 7.87. The van der Waals surface area contributed by atoms with Crippen molar-refractivity contribution in [2.45, 2.75) is 12.8 Å². The van der Waals surface area contributed by atoms with Gasteiger partial charge >= 0.3 is 5.97 Å². The minimum absolute atomic E-state index is 0.0880. The summed E-state index contributed by atoms with van der Waals surface area (Å²) in [5.41, 5.74) is 0. The molecule has 3 N–H and O–H groups in total. The summed E-state index contributed by atoms with van der Waals surface area (Å²) < 4.78 is 26.9. The van der Waals surface area contributed by atoms with Crippen LogP contribution in [-0.4, -0.2) is 57.0 Å². The number of aliphatic carboxylic acids is 1. The zero-order valence-electron chi connectivity index (χ0n) is 9.85. The summed E-state index contributed by atoms with van der Waals surface area (Å²) in [6, 6.07) is 0. The van der Waals surface area contributed by atoms with Crippen LogP contribution in [0.1, 0.15) is 12.8 Å². The molecule has 0 aromatic heterocycles. The Labute approximate surface area is 101 Å². The molecule has 1 unspecified atom stereocenters. The van der Waals surface area contributed by atoms with Gasteiger partial charge in [0.15, 0.2) is 0 Å². The van der Waals surface area contributed by atoms with Gasteiger partial charge in [-0.15, -0.1) is 0 Å². The number of rotatable bonds is 6. The number of nitrogens with zero attached hydrogens (tertiary/aromatic N) is 1. The van der Waals surface area contributed by atoms with Crippen LogP contribution in [0.25, 0.3) is 0 Å². The summed E-state index contributed by atoms with van der Waals surface area (Å²) in [6.07, 6.45) is 1.72. The molecule has 0 aromatic rings. The monoisotopic (exact) mass is 265 g/mol. The molecule has 0 radical (unpaired) electrons. The van der Waals surface area contributed by atoms with Gasteiger partial charge in [-0.2, -0.15) is 12.7 Å². The van der Waals surface area contributed by atoms with Crippen LogP contribution in [0.5, 0.6) is 0 Å². The van der Waals surface area contributed by atoms with Crippen LogP contribution in [-0.2, 0) is 15.0 Å². The Morgan fingerprint density at radius 3 is 2.82 bits per heavy atom. The second kappa shape index (κ2) is 6.29. The standard InChI is InChI=1S/C9H19N3O4S/c1-10-17(15,16)12-4-2-3-8(7-12)5-11-6-9(13)14/h8,10-11H,2-7H2,1H3,(H,13,14). The van der Waals surface area contributed by atoms with E-state index in [9.17, 15) is 13.2 Å². The Morgan fingerprint density at radius 1 is 1.53 bits per heavy atom. The number of piperidine rings is 1. The normalized spacial score (nSPS) is 22.5. The zero-order valence-corrected chi connectivity index (χ0v) is 10.7. The van der Waals surface area contributed by atoms with Crippen LogP contribution >= 0.6 is 0 Å². The first-order chi connectivity index (χ1) is 7.95. The highest BCUT2D eigenvalue weighted by atomic mass is 32.2. The van der Waals surface area contributed by atoms with E-state index in [1.165, 1.54) is 11.4 Å². The zero-order chi connectivity index (χ0) is 12.9. The fourth-order valence-electron chi connectivity index (χ4n) is 1.92. The lowest BCUT2D eigenvalue weighted by molar-refractivity contribution is -0.136. The average molecular weight is 265 g/mol. The molecule has 1 saturated heterocycles. The average Bonchev–Trinajstić information content (AvgIpc) is 2.29. The minimum atomic E-state index is -3.36. The van der Waals surface area contributed by atoms with Gasteiger partial charge in [0.2, 0.25) is 0 Å². The molecule has 8 heteroatoms. The molecule has 100 valence electrons. The number of hydrogen-bond acceptors (Lipinski definition) is 4. The second-order valence-corrected chi connectivity index (χ2v) is 5.97. The van der Waals surface area contributed by atoms with Crippen LogP contribution < -0.4 is 10.0 Å². The van der Waals surface area contributed by atoms with Crippen molar-refractivity contribution in [2.24, 2.45) is 5.92 Å². The first-order valence-corrected chi connectivity index (χ1v) is 7.01. The van der Waals surface area contributed by atoms with E-state index in [-0.39, 0.29) is 12.5 Å². The SMILES string of the molecule is CNS(=O)(=O)N1CCCC(CNCC(=O)O)C1. The van der Waals surface area contributed by atoms with Crippen LogP contribution in [0.15, 0.2) is 0 Å². The smallest absolute Gasteiger partial charge is 0.317 e. The van der Waals surface area contributed by atoms with Gasteiger partial charge in [0, 0.05) is 20.1 Å². The highest BCUT2D eigenvalue weighted by Crippen LogP contribution is 2.17. The van der Waals surface area contributed by atoms with Crippen molar-refractivity contribution in [2.75, 3.05) is 33.2 Å². The predicted molar refractivity (Wildman–Crippen MR) is 62.8 cm³/mol. The lowest BCUT2D eigenvalue weighted by Crippen LogP contribution is -2.47. The molecule has 7 nitrogen and oxygen atoms in total. The van der Waals surface area contributed by atoms with E-state index in [0.29, 0.717) is 19.6 Å². The summed E-state index contributed by atoms with van der Waals surface area (Å²) in [6.45, 7) is 1.41. The fourth-order valence-corrected chi connectivity index (χ4v) is 2.96. The molecule has 1 aliphatic rings. The minimum Gasteiger partial charge on any atom is -0.480 e. The van der Waals surface area contributed by atoms with Crippen molar-refractivity contribution >= 4 is 16.2 Å². The summed E-state index contributed by atoms with van der Waals surface area (Å²) in [7, 11) is -1.97. The maximum absolute atomic E-state index is 11.6. The van der Waals surface area contributed by atoms with E-state index in [1.54, 1.807) is 0 Å². The number of carboxylic acid groups (broad SMARTS) is 1. The first-order valence-electron chi connectivity index (χ1n) is 5.57. The highest BCUT2D eigenvalue weighted by Gasteiger charge is 2.27. The molecule has 0 amide bonds. The summed E-state index contributed by atoms with van der Waals surface area (Å²) in [4.78, 5) is 10.3. The summed E-state index contributed by atoms with van der Waals surface area (Å²) in [5.74, 6) is -0.730. The number of nitrogens with one attached hydrogen (secondary N) is 2. The van der Waals surface area contributed by atoms with Crippen molar-refractivity contribution in [1.29, 1.82) is 0 Å². The molecular weight excluding hydrogens is 246 g/mol. The van der Waals surface area contributed by atoms with Crippen LogP contribution in [0, 0.1) is 5.92 Å². The predicted octanol–water partition coefficient (Wildman–Crippen LogP) is -1.16. The van der Waals surface area contributed by atoms with Gasteiger partial charge < -0.3 is 10.4 Å². The van der Waals surface area contributed by atoms with Crippen molar-refractivity contribution in [3.05, 3.63) is 0 Å². The number of hydrogen-bond donors (Lipinski definition) is 3. The Balaban J connectivity index is 2.41. The van der Waals surface area contributed by atoms with Crippen molar-refractivity contribution < 1.29 is 18.3 Å².